The zero-order valence-corrected chi connectivity index (χ0v) is 10.4. The second kappa shape index (κ2) is 6.91. The van der Waals surface area contributed by atoms with Crippen molar-refractivity contribution in [1.82, 2.24) is 0 Å². The Morgan fingerprint density at radius 1 is 1.38 bits per heavy atom. The lowest BCUT2D eigenvalue weighted by Gasteiger charge is -2.27. The van der Waals surface area contributed by atoms with Crippen molar-refractivity contribution >= 4 is 11.8 Å². The van der Waals surface area contributed by atoms with Crippen molar-refractivity contribution in [2.75, 3.05) is 31.8 Å². The molecule has 0 amide bonds. The number of aliphatic hydroxyl groups is 1. The summed E-state index contributed by atoms with van der Waals surface area (Å²) in [6, 6.07) is 9.72. The van der Waals surface area contributed by atoms with E-state index < -0.39 is 5.54 Å². The van der Waals surface area contributed by atoms with Gasteiger partial charge < -0.3 is 15.6 Å². The summed E-state index contributed by atoms with van der Waals surface area (Å²) in [6.45, 7) is 0.665. The molecule has 0 saturated carbocycles. The summed E-state index contributed by atoms with van der Waals surface area (Å²) in [5.41, 5.74) is 6.51. The first-order valence-corrected chi connectivity index (χ1v) is 6.40. The maximum Gasteiger partial charge on any atom is 0.0735 e. The molecule has 1 aromatic rings. The maximum atomic E-state index is 9.43. The van der Waals surface area contributed by atoms with Crippen LogP contribution in [0.2, 0.25) is 0 Å². The molecule has 0 spiro atoms. The molecule has 0 radical (unpaired) electrons. The lowest BCUT2D eigenvalue weighted by Crippen LogP contribution is -2.43. The van der Waals surface area contributed by atoms with Gasteiger partial charge in [0.1, 0.15) is 0 Å². The summed E-state index contributed by atoms with van der Waals surface area (Å²) in [5, 5.41) is 9.43. The molecule has 3 N–H and O–H groups in total. The minimum absolute atomic E-state index is 0.0446. The molecule has 0 aliphatic heterocycles. The van der Waals surface area contributed by atoms with Gasteiger partial charge in [0, 0.05) is 18.6 Å². The third-order valence-corrected chi connectivity index (χ3v) is 3.60. The smallest absolute Gasteiger partial charge is 0.0735 e. The van der Waals surface area contributed by atoms with Crippen LogP contribution in [0.15, 0.2) is 30.3 Å². The molecule has 0 aromatic heterocycles. The summed E-state index contributed by atoms with van der Waals surface area (Å²) in [6.07, 6.45) is 0. The molecule has 1 unspecified atom stereocenters. The first kappa shape index (κ1) is 13.5. The van der Waals surface area contributed by atoms with Gasteiger partial charge in [0.2, 0.25) is 0 Å². The van der Waals surface area contributed by atoms with E-state index in [0.29, 0.717) is 12.4 Å². The van der Waals surface area contributed by atoms with Gasteiger partial charge >= 0.3 is 0 Å². The Morgan fingerprint density at radius 2 is 2.06 bits per heavy atom. The van der Waals surface area contributed by atoms with Gasteiger partial charge in [-0.25, -0.2) is 0 Å². The van der Waals surface area contributed by atoms with E-state index in [2.05, 4.69) is 0 Å². The number of aliphatic hydroxyl groups excluding tert-OH is 1. The molecule has 0 fully saturated rings. The van der Waals surface area contributed by atoms with Crippen LogP contribution in [0.4, 0.5) is 0 Å². The summed E-state index contributed by atoms with van der Waals surface area (Å²) in [7, 11) is 1.68. The van der Waals surface area contributed by atoms with E-state index in [4.69, 9.17) is 10.5 Å². The van der Waals surface area contributed by atoms with E-state index >= 15 is 0 Å². The Kier molecular flexibility index (Phi) is 5.84. The van der Waals surface area contributed by atoms with Crippen molar-refractivity contribution < 1.29 is 9.84 Å². The second-order valence-corrected chi connectivity index (χ2v) is 4.83. The van der Waals surface area contributed by atoms with Crippen LogP contribution < -0.4 is 5.73 Å². The monoisotopic (exact) mass is 241 g/mol. The van der Waals surface area contributed by atoms with E-state index in [-0.39, 0.29) is 6.61 Å². The Hall–Kier alpha value is -0.550. The fourth-order valence-corrected chi connectivity index (χ4v) is 2.44. The van der Waals surface area contributed by atoms with Crippen molar-refractivity contribution in [2.45, 2.75) is 5.54 Å². The van der Waals surface area contributed by atoms with Crippen LogP contribution in [0, 0.1) is 0 Å². The van der Waals surface area contributed by atoms with Crippen LogP contribution in [0.25, 0.3) is 0 Å². The Labute approximate surface area is 101 Å². The van der Waals surface area contributed by atoms with Crippen LogP contribution in [0.5, 0.6) is 0 Å². The third kappa shape index (κ3) is 3.79. The Morgan fingerprint density at radius 3 is 2.62 bits per heavy atom. The summed E-state index contributed by atoms with van der Waals surface area (Å²) >= 11 is 1.69. The second-order valence-electron chi connectivity index (χ2n) is 3.73. The first-order valence-electron chi connectivity index (χ1n) is 5.25. The van der Waals surface area contributed by atoms with E-state index in [9.17, 15) is 5.11 Å². The number of nitrogens with two attached hydrogens (primary N) is 1. The molecule has 1 aromatic carbocycles. The number of ether oxygens (including phenoxy) is 1. The minimum atomic E-state index is -0.653. The van der Waals surface area contributed by atoms with Crippen LogP contribution in [-0.4, -0.2) is 36.9 Å². The predicted octanol–water partition coefficient (Wildman–Crippen LogP) is 1.21. The molecule has 0 saturated heterocycles. The number of rotatable bonds is 7. The van der Waals surface area contributed by atoms with Gasteiger partial charge in [-0.1, -0.05) is 30.3 Å². The van der Waals surface area contributed by atoms with E-state index in [1.807, 2.05) is 30.3 Å². The first-order chi connectivity index (χ1) is 7.73. The van der Waals surface area contributed by atoms with Gasteiger partial charge in [0.25, 0.3) is 0 Å². The third-order valence-electron chi connectivity index (χ3n) is 2.42. The highest BCUT2D eigenvalue weighted by molar-refractivity contribution is 7.99. The van der Waals surface area contributed by atoms with Crippen molar-refractivity contribution in [3.05, 3.63) is 35.9 Å². The van der Waals surface area contributed by atoms with Gasteiger partial charge in [-0.2, -0.15) is 11.8 Å². The highest BCUT2D eigenvalue weighted by atomic mass is 32.2. The van der Waals surface area contributed by atoms with E-state index in [0.717, 1.165) is 11.3 Å². The predicted molar refractivity (Wildman–Crippen MR) is 68.6 cm³/mol. The zero-order chi connectivity index (χ0) is 11.9. The van der Waals surface area contributed by atoms with E-state index in [1.165, 1.54) is 0 Å². The van der Waals surface area contributed by atoms with Gasteiger partial charge in [-0.15, -0.1) is 0 Å². The number of thioether (sulfide) groups is 1. The summed E-state index contributed by atoms with van der Waals surface area (Å²) < 4.78 is 4.97. The normalized spacial score (nSPS) is 14.7. The van der Waals surface area contributed by atoms with Crippen LogP contribution in [-0.2, 0) is 10.3 Å². The number of benzene rings is 1. The largest absolute Gasteiger partial charge is 0.394 e. The molecule has 4 heteroatoms. The molecule has 3 nitrogen and oxygen atoms in total. The number of methoxy groups -OCH3 is 1. The van der Waals surface area contributed by atoms with Crippen LogP contribution in [0.1, 0.15) is 5.56 Å². The van der Waals surface area contributed by atoms with E-state index in [1.54, 1.807) is 18.9 Å². The zero-order valence-electron chi connectivity index (χ0n) is 9.56. The van der Waals surface area contributed by atoms with Crippen LogP contribution >= 0.6 is 11.8 Å². The fraction of sp³-hybridized carbons (Fsp3) is 0.500. The molecule has 0 aliphatic carbocycles. The Bertz CT molecular complexity index is 294. The highest BCUT2D eigenvalue weighted by Gasteiger charge is 2.25. The summed E-state index contributed by atoms with van der Waals surface area (Å²) in [5.74, 6) is 1.58. The average molecular weight is 241 g/mol. The molecule has 16 heavy (non-hydrogen) atoms. The van der Waals surface area contributed by atoms with Gasteiger partial charge in [-0.3, -0.25) is 0 Å². The van der Waals surface area contributed by atoms with Crippen molar-refractivity contribution in [3.8, 4) is 0 Å². The number of hydrogen-bond acceptors (Lipinski definition) is 4. The van der Waals surface area contributed by atoms with Gasteiger partial charge in [-0.05, 0) is 5.56 Å². The summed E-state index contributed by atoms with van der Waals surface area (Å²) in [4.78, 5) is 0. The molecule has 1 rings (SSSR count). The fourth-order valence-electron chi connectivity index (χ4n) is 1.39. The molecular weight excluding hydrogens is 222 g/mol. The standard InChI is InChI=1S/C12H19NO2S/c1-15-7-8-16-10-12(13,9-14)11-5-3-2-4-6-11/h2-6,14H,7-10,13H2,1H3. The van der Waals surface area contributed by atoms with Crippen molar-refractivity contribution in [3.63, 3.8) is 0 Å². The average Bonchev–Trinajstić information content (AvgIpc) is 2.35. The molecule has 90 valence electrons. The molecule has 0 bridgehead atoms. The van der Waals surface area contributed by atoms with Crippen molar-refractivity contribution in [2.24, 2.45) is 5.73 Å². The minimum Gasteiger partial charge on any atom is -0.394 e. The quantitative estimate of drug-likeness (QED) is 0.705. The molecule has 0 aliphatic rings. The van der Waals surface area contributed by atoms with Gasteiger partial charge in [0.05, 0.1) is 18.8 Å². The molecule has 0 heterocycles. The SMILES string of the molecule is COCCSCC(N)(CO)c1ccccc1. The highest BCUT2D eigenvalue weighted by Crippen LogP contribution is 2.22. The number of hydrogen-bond donors (Lipinski definition) is 2. The lowest BCUT2D eigenvalue weighted by molar-refractivity contribution is 0.211. The van der Waals surface area contributed by atoms with Crippen molar-refractivity contribution in [1.29, 1.82) is 0 Å². The van der Waals surface area contributed by atoms with Crippen LogP contribution in [0.3, 0.4) is 0 Å². The maximum absolute atomic E-state index is 9.43. The lowest BCUT2D eigenvalue weighted by atomic mass is 9.94. The Balaban J connectivity index is 2.56. The molecule has 1 atom stereocenters. The molecular formula is C12H19NO2S. The topological polar surface area (TPSA) is 55.5 Å². The van der Waals surface area contributed by atoms with Gasteiger partial charge in [0.15, 0.2) is 0 Å².